The lowest BCUT2D eigenvalue weighted by atomic mass is 10.2. The van der Waals surface area contributed by atoms with Crippen molar-refractivity contribution in [1.82, 2.24) is 0 Å². The fourth-order valence-corrected chi connectivity index (χ4v) is 3.28. The van der Waals surface area contributed by atoms with Crippen molar-refractivity contribution in [1.29, 1.82) is 0 Å². The molecule has 0 spiro atoms. The summed E-state index contributed by atoms with van der Waals surface area (Å²) in [6, 6.07) is 11.7. The lowest BCUT2D eigenvalue weighted by Crippen LogP contribution is -2.14. The molecule has 2 aromatic rings. The van der Waals surface area contributed by atoms with E-state index >= 15 is 0 Å². The van der Waals surface area contributed by atoms with Gasteiger partial charge >= 0.3 is 0 Å². The van der Waals surface area contributed by atoms with Crippen LogP contribution >= 0.6 is 22.6 Å². The molecule has 2 aromatic carbocycles. The Morgan fingerprint density at radius 3 is 2.43 bits per heavy atom. The zero-order valence-electron chi connectivity index (χ0n) is 11.3. The molecule has 0 bridgehead atoms. The first-order chi connectivity index (χ1) is 9.96. The summed E-state index contributed by atoms with van der Waals surface area (Å²) in [6.45, 7) is 0.204. The second-order valence-electron chi connectivity index (χ2n) is 4.29. The molecule has 0 amide bonds. The van der Waals surface area contributed by atoms with Gasteiger partial charge in [-0.25, -0.2) is 8.42 Å². The quantitative estimate of drug-likeness (QED) is 0.732. The summed E-state index contributed by atoms with van der Waals surface area (Å²) >= 11 is 2.16. The topological polar surface area (TPSA) is 81.4 Å². The summed E-state index contributed by atoms with van der Waals surface area (Å²) in [5.74, 6) is 0.575. The van der Waals surface area contributed by atoms with Crippen LogP contribution in [0.2, 0.25) is 0 Å². The van der Waals surface area contributed by atoms with Crippen LogP contribution in [0, 0.1) is 3.57 Å². The van der Waals surface area contributed by atoms with E-state index in [1.54, 1.807) is 18.2 Å². The van der Waals surface area contributed by atoms with Crippen LogP contribution in [0.5, 0.6) is 5.75 Å². The number of anilines is 1. The maximum Gasteiger partial charge on any atom is 0.261 e. The SMILES string of the molecule is COc1ccc(S(=O)(=O)Nc2ccc(I)cc2)cc1CN. The van der Waals surface area contributed by atoms with Gasteiger partial charge in [0.15, 0.2) is 0 Å². The lowest BCUT2D eigenvalue weighted by molar-refractivity contribution is 0.409. The van der Waals surface area contributed by atoms with Crippen LogP contribution < -0.4 is 15.2 Å². The molecular formula is C14H15IN2O3S. The van der Waals surface area contributed by atoms with E-state index in [-0.39, 0.29) is 11.4 Å². The Morgan fingerprint density at radius 1 is 1.19 bits per heavy atom. The molecule has 0 saturated carbocycles. The number of halogens is 1. The third-order valence-corrected chi connectivity index (χ3v) is 4.98. The summed E-state index contributed by atoms with van der Waals surface area (Å²) in [6.07, 6.45) is 0. The number of benzene rings is 2. The van der Waals surface area contributed by atoms with Gasteiger partial charge in [0.2, 0.25) is 0 Å². The minimum absolute atomic E-state index is 0.155. The molecule has 0 heterocycles. The molecule has 0 aliphatic heterocycles. The van der Waals surface area contributed by atoms with E-state index < -0.39 is 10.0 Å². The smallest absolute Gasteiger partial charge is 0.261 e. The van der Waals surface area contributed by atoms with E-state index in [1.807, 2.05) is 12.1 Å². The second-order valence-corrected chi connectivity index (χ2v) is 7.22. The van der Waals surface area contributed by atoms with Crippen LogP contribution in [-0.2, 0) is 16.6 Å². The zero-order chi connectivity index (χ0) is 15.5. The molecule has 0 unspecified atom stereocenters. The highest BCUT2D eigenvalue weighted by Crippen LogP contribution is 2.24. The summed E-state index contributed by atoms with van der Waals surface area (Å²) in [5, 5.41) is 0. The molecule has 112 valence electrons. The Labute approximate surface area is 137 Å². The lowest BCUT2D eigenvalue weighted by Gasteiger charge is -2.11. The van der Waals surface area contributed by atoms with E-state index in [0.29, 0.717) is 17.0 Å². The second kappa shape index (κ2) is 6.63. The van der Waals surface area contributed by atoms with Crippen molar-refractivity contribution in [3.8, 4) is 5.75 Å². The highest BCUT2D eigenvalue weighted by Gasteiger charge is 2.16. The number of hydrogen-bond acceptors (Lipinski definition) is 4. The largest absolute Gasteiger partial charge is 0.496 e. The number of hydrogen-bond donors (Lipinski definition) is 2. The number of ether oxygens (including phenoxy) is 1. The van der Waals surface area contributed by atoms with Gasteiger partial charge in [-0.05, 0) is 65.1 Å². The van der Waals surface area contributed by atoms with Crippen molar-refractivity contribution in [2.24, 2.45) is 5.73 Å². The first kappa shape index (κ1) is 16.1. The maximum absolute atomic E-state index is 12.4. The monoisotopic (exact) mass is 418 g/mol. The van der Waals surface area contributed by atoms with Gasteiger partial charge < -0.3 is 10.5 Å². The Balaban J connectivity index is 2.33. The van der Waals surface area contributed by atoms with Crippen molar-refractivity contribution in [3.05, 3.63) is 51.6 Å². The van der Waals surface area contributed by atoms with Crippen LogP contribution in [-0.4, -0.2) is 15.5 Å². The fourth-order valence-electron chi connectivity index (χ4n) is 1.81. The first-order valence-corrected chi connectivity index (χ1v) is 8.68. The molecule has 2 rings (SSSR count). The molecule has 7 heteroatoms. The molecule has 0 fully saturated rings. The Hall–Kier alpha value is -1.32. The maximum atomic E-state index is 12.4. The van der Waals surface area contributed by atoms with Gasteiger partial charge in [0, 0.05) is 21.4 Å². The van der Waals surface area contributed by atoms with E-state index in [1.165, 1.54) is 19.2 Å². The molecule has 3 N–H and O–H groups in total. The van der Waals surface area contributed by atoms with Gasteiger partial charge in [-0.2, -0.15) is 0 Å². The normalized spacial score (nSPS) is 11.2. The Bertz CT molecular complexity index is 730. The highest BCUT2D eigenvalue weighted by molar-refractivity contribution is 14.1. The van der Waals surface area contributed by atoms with Crippen molar-refractivity contribution in [2.45, 2.75) is 11.4 Å². The van der Waals surface area contributed by atoms with Gasteiger partial charge in [-0.3, -0.25) is 4.72 Å². The molecule has 0 saturated heterocycles. The van der Waals surface area contributed by atoms with Crippen molar-refractivity contribution >= 4 is 38.3 Å². The molecular weight excluding hydrogens is 403 g/mol. The van der Waals surface area contributed by atoms with Crippen molar-refractivity contribution in [2.75, 3.05) is 11.8 Å². The van der Waals surface area contributed by atoms with Crippen LogP contribution in [0.1, 0.15) is 5.56 Å². The zero-order valence-corrected chi connectivity index (χ0v) is 14.3. The Kier molecular flexibility index (Phi) is 5.07. The van der Waals surface area contributed by atoms with Crippen LogP contribution in [0.25, 0.3) is 0 Å². The average Bonchev–Trinajstić information content (AvgIpc) is 2.48. The number of nitrogens with two attached hydrogens (primary N) is 1. The Morgan fingerprint density at radius 2 is 1.86 bits per heavy atom. The van der Waals surface area contributed by atoms with E-state index in [2.05, 4.69) is 27.3 Å². The van der Waals surface area contributed by atoms with Gasteiger partial charge in [-0.1, -0.05) is 0 Å². The molecule has 0 atom stereocenters. The third-order valence-electron chi connectivity index (χ3n) is 2.88. The first-order valence-electron chi connectivity index (χ1n) is 6.11. The van der Waals surface area contributed by atoms with E-state index in [4.69, 9.17) is 10.5 Å². The fraction of sp³-hybridized carbons (Fsp3) is 0.143. The average molecular weight is 418 g/mol. The van der Waals surface area contributed by atoms with Gasteiger partial charge in [0.25, 0.3) is 10.0 Å². The molecule has 0 aromatic heterocycles. The highest BCUT2D eigenvalue weighted by atomic mass is 127. The number of nitrogens with one attached hydrogen (secondary N) is 1. The van der Waals surface area contributed by atoms with Gasteiger partial charge in [0.05, 0.1) is 12.0 Å². The van der Waals surface area contributed by atoms with Crippen molar-refractivity contribution in [3.63, 3.8) is 0 Å². The molecule has 5 nitrogen and oxygen atoms in total. The van der Waals surface area contributed by atoms with Crippen LogP contribution in [0.3, 0.4) is 0 Å². The number of sulfonamides is 1. The molecule has 21 heavy (non-hydrogen) atoms. The van der Waals surface area contributed by atoms with E-state index in [0.717, 1.165) is 3.57 Å². The summed E-state index contributed by atoms with van der Waals surface area (Å²) in [4.78, 5) is 0.155. The number of rotatable bonds is 5. The predicted octanol–water partition coefficient (Wildman–Crippen LogP) is 2.56. The van der Waals surface area contributed by atoms with Crippen LogP contribution in [0.4, 0.5) is 5.69 Å². The van der Waals surface area contributed by atoms with Gasteiger partial charge in [-0.15, -0.1) is 0 Å². The summed E-state index contributed by atoms with van der Waals surface area (Å²) in [5.41, 5.74) is 6.77. The number of methoxy groups -OCH3 is 1. The summed E-state index contributed by atoms with van der Waals surface area (Å²) < 4.78 is 33.4. The summed E-state index contributed by atoms with van der Waals surface area (Å²) in [7, 11) is -2.13. The van der Waals surface area contributed by atoms with E-state index in [9.17, 15) is 8.42 Å². The minimum atomic E-state index is -3.65. The molecule has 0 aliphatic carbocycles. The molecule has 0 aliphatic rings. The van der Waals surface area contributed by atoms with Crippen LogP contribution in [0.15, 0.2) is 47.4 Å². The molecule has 0 radical (unpaired) electrons. The van der Waals surface area contributed by atoms with Gasteiger partial charge in [0.1, 0.15) is 5.75 Å². The van der Waals surface area contributed by atoms with Crippen molar-refractivity contribution < 1.29 is 13.2 Å². The minimum Gasteiger partial charge on any atom is -0.496 e. The predicted molar refractivity (Wildman–Crippen MR) is 90.9 cm³/mol. The third kappa shape index (κ3) is 3.86. The standard InChI is InChI=1S/C14H15IN2O3S/c1-20-14-7-6-13(8-10(14)9-16)21(18,19)17-12-4-2-11(15)3-5-12/h2-8,17H,9,16H2,1H3.